The number of aromatic nitrogens is 2. The van der Waals surface area contributed by atoms with Crippen molar-refractivity contribution in [2.45, 2.75) is 24.9 Å². The van der Waals surface area contributed by atoms with Crippen LogP contribution in [0.5, 0.6) is 0 Å². The summed E-state index contributed by atoms with van der Waals surface area (Å²) in [5.74, 6) is -0.601. The number of sulfone groups is 1. The lowest BCUT2D eigenvalue weighted by atomic mass is 10.2. The third-order valence-electron chi connectivity index (χ3n) is 4.76. The molecular formula is C21H26F3N5O4S2. The average Bonchev–Trinajstić information content (AvgIpc) is 3.28. The molecule has 0 amide bonds. The van der Waals surface area contributed by atoms with Crippen LogP contribution >= 0.6 is 11.5 Å². The Morgan fingerprint density at radius 1 is 1.29 bits per heavy atom. The minimum Gasteiger partial charge on any atom is -0.463 e. The second-order valence-corrected chi connectivity index (χ2v) is 10.1. The van der Waals surface area contributed by atoms with E-state index < -0.39 is 34.2 Å². The van der Waals surface area contributed by atoms with Gasteiger partial charge in [-0.3, -0.25) is 10.2 Å². The number of rotatable bonds is 12. The van der Waals surface area contributed by atoms with Gasteiger partial charge < -0.3 is 15.0 Å². The zero-order valence-electron chi connectivity index (χ0n) is 19.3. The lowest BCUT2D eigenvalue weighted by Crippen LogP contribution is -2.30. The molecule has 1 aromatic carbocycles. The number of carbonyl (C=O) groups excluding carboxylic acids is 1. The van der Waals surface area contributed by atoms with Crippen molar-refractivity contribution in [3.63, 3.8) is 0 Å². The Kier molecular flexibility index (Phi) is 9.92. The number of hydrogen-bond donors (Lipinski definition) is 2. The standard InChI is InChI=1S/C21H26F3N5O4S2/c1-4-29(5-2)9-10-33-18(30)13-26-16(12-17(25)21(22,23)24)20-27-19(28-34-20)14-7-6-8-15(11-14)35(3,31)32/h6-8,11-12,25-26H,4-5,9-10,13H2,1-3H3/b16-12-,25-17?. The number of carbonyl (C=O) groups is 1. The van der Waals surface area contributed by atoms with E-state index in [-0.39, 0.29) is 28.0 Å². The molecule has 2 aromatic rings. The number of benzene rings is 1. The van der Waals surface area contributed by atoms with Gasteiger partial charge in [0.2, 0.25) is 0 Å². The number of halogens is 3. The van der Waals surface area contributed by atoms with Crippen molar-refractivity contribution in [2.75, 3.05) is 39.0 Å². The first-order valence-corrected chi connectivity index (χ1v) is 13.2. The largest absolute Gasteiger partial charge is 0.463 e. The zero-order valence-corrected chi connectivity index (χ0v) is 21.0. The number of allylic oxidation sites excluding steroid dienone is 1. The summed E-state index contributed by atoms with van der Waals surface area (Å²) in [7, 11) is -3.49. The van der Waals surface area contributed by atoms with Gasteiger partial charge in [-0.1, -0.05) is 26.0 Å². The van der Waals surface area contributed by atoms with E-state index >= 15 is 0 Å². The van der Waals surface area contributed by atoms with Gasteiger partial charge in [-0.15, -0.1) is 0 Å². The second kappa shape index (κ2) is 12.2. The Morgan fingerprint density at radius 3 is 2.57 bits per heavy atom. The van der Waals surface area contributed by atoms with Crippen LogP contribution in [-0.2, 0) is 19.4 Å². The Balaban J connectivity index is 2.22. The molecule has 35 heavy (non-hydrogen) atoms. The molecule has 2 rings (SSSR count). The summed E-state index contributed by atoms with van der Waals surface area (Å²) in [4.78, 5) is 18.3. The molecule has 0 bridgehead atoms. The molecule has 0 spiro atoms. The van der Waals surface area contributed by atoms with Crippen LogP contribution in [0.2, 0.25) is 0 Å². The number of alkyl halides is 3. The third kappa shape index (κ3) is 8.71. The van der Waals surface area contributed by atoms with E-state index in [1.165, 1.54) is 18.2 Å². The number of hydrogen-bond acceptors (Lipinski definition) is 10. The normalized spacial score (nSPS) is 12.6. The predicted octanol–water partition coefficient (Wildman–Crippen LogP) is 3.01. The number of nitrogens with one attached hydrogen (secondary N) is 2. The van der Waals surface area contributed by atoms with Crippen molar-refractivity contribution in [1.29, 1.82) is 5.41 Å². The molecule has 0 saturated heterocycles. The van der Waals surface area contributed by atoms with E-state index in [2.05, 4.69) is 14.7 Å². The van der Waals surface area contributed by atoms with Crippen molar-refractivity contribution in [3.05, 3.63) is 35.3 Å². The Morgan fingerprint density at radius 2 is 1.97 bits per heavy atom. The van der Waals surface area contributed by atoms with Crippen LogP contribution in [0.4, 0.5) is 13.2 Å². The van der Waals surface area contributed by atoms with E-state index in [1.807, 2.05) is 18.7 Å². The lowest BCUT2D eigenvalue weighted by molar-refractivity contribution is -0.142. The average molecular weight is 534 g/mol. The second-order valence-electron chi connectivity index (χ2n) is 7.29. The first-order valence-electron chi connectivity index (χ1n) is 10.5. The monoisotopic (exact) mass is 533 g/mol. The Hall–Kier alpha value is -2.84. The van der Waals surface area contributed by atoms with Crippen LogP contribution in [0.25, 0.3) is 17.1 Å². The van der Waals surface area contributed by atoms with Gasteiger partial charge in [-0.25, -0.2) is 13.4 Å². The maximum absolute atomic E-state index is 13.0. The molecule has 14 heteroatoms. The van der Waals surface area contributed by atoms with Crippen molar-refractivity contribution in [2.24, 2.45) is 0 Å². The molecule has 0 aliphatic heterocycles. The molecule has 0 saturated carbocycles. The summed E-state index contributed by atoms with van der Waals surface area (Å²) < 4.78 is 71.8. The topological polar surface area (TPSA) is 125 Å². The van der Waals surface area contributed by atoms with Gasteiger partial charge in [0.15, 0.2) is 20.7 Å². The van der Waals surface area contributed by atoms with Crippen LogP contribution in [0, 0.1) is 5.41 Å². The van der Waals surface area contributed by atoms with Crippen molar-refractivity contribution in [3.8, 4) is 11.4 Å². The molecule has 0 aliphatic rings. The van der Waals surface area contributed by atoms with E-state index in [1.54, 1.807) is 6.07 Å². The Labute approximate surface area is 205 Å². The maximum Gasteiger partial charge on any atom is 0.432 e. The van der Waals surface area contributed by atoms with Crippen molar-refractivity contribution in [1.82, 2.24) is 19.6 Å². The molecule has 9 nitrogen and oxygen atoms in total. The van der Waals surface area contributed by atoms with E-state index in [9.17, 15) is 26.4 Å². The summed E-state index contributed by atoms with van der Waals surface area (Å²) in [6, 6.07) is 5.80. The van der Waals surface area contributed by atoms with E-state index in [0.717, 1.165) is 30.9 Å². The van der Waals surface area contributed by atoms with Crippen LogP contribution in [0.1, 0.15) is 18.9 Å². The molecule has 2 N–H and O–H groups in total. The maximum atomic E-state index is 13.0. The fourth-order valence-corrected chi connectivity index (χ4v) is 4.12. The van der Waals surface area contributed by atoms with Gasteiger partial charge in [0.1, 0.15) is 18.9 Å². The quantitative estimate of drug-likeness (QED) is 0.315. The number of esters is 1. The highest BCUT2D eigenvalue weighted by Gasteiger charge is 2.33. The van der Waals surface area contributed by atoms with Gasteiger partial charge >= 0.3 is 12.1 Å². The molecule has 0 unspecified atom stereocenters. The molecule has 0 aliphatic carbocycles. The predicted molar refractivity (Wildman–Crippen MR) is 127 cm³/mol. The molecule has 1 aromatic heterocycles. The number of ether oxygens (including phenoxy) is 1. The van der Waals surface area contributed by atoms with Crippen LogP contribution in [0.3, 0.4) is 0 Å². The minimum absolute atomic E-state index is 0.0188. The van der Waals surface area contributed by atoms with Crippen LogP contribution in [0.15, 0.2) is 35.2 Å². The van der Waals surface area contributed by atoms with Gasteiger partial charge in [0.05, 0.1) is 10.6 Å². The number of nitrogens with zero attached hydrogens (tertiary/aromatic N) is 3. The highest BCUT2D eigenvalue weighted by molar-refractivity contribution is 7.90. The molecule has 0 atom stereocenters. The van der Waals surface area contributed by atoms with Crippen molar-refractivity contribution < 1.29 is 31.1 Å². The summed E-state index contributed by atoms with van der Waals surface area (Å²) in [5.41, 5.74) is -1.54. The number of likely N-dealkylation sites (N-methyl/N-ethyl adjacent to an activating group) is 1. The lowest BCUT2D eigenvalue weighted by Gasteiger charge is -2.17. The van der Waals surface area contributed by atoms with E-state index in [4.69, 9.17) is 10.1 Å². The molecule has 1 heterocycles. The zero-order chi connectivity index (χ0) is 26.2. The molecular weight excluding hydrogens is 507 g/mol. The smallest absolute Gasteiger partial charge is 0.432 e. The molecule has 0 radical (unpaired) electrons. The highest BCUT2D eigenvalue weighted by Crippen LogP contribution is 2.25. The summed E-state index contributed by atoms with van der Waals surface area (Å²) in [5, 5.41) is 9.83. The highest BCUT2D eigenvalue weighted by atomic mass is 32.2. The summed E-state index contributed by atoms with van der Waals surface area (Å²) in [6.07, 6.45) is -3.35. The fourth-order valence-electron chi connectivity index (χ4n) is 2.78. The van der Waals surface area contributed by atoms with Crippen LogP contribution in [-0.4, -0.2) is 79.6 Å². The third-order valence-corrected chi connectivity index (χ3v) is 6.62. The minimum atomic E-state index is -4.91. The fraction of sp³-hybridized carbons (Fsp3) is 0.429. The van der Waals surface area contributed by atoms with Gasteiger partial charge in [0.25, 0.3) is 0 Å². The molecule has 0 fully saturated rings. The van der Waals surface area contributed by atoms with Crippen LogP contribution < -0.4 is 5.32 Å². The molecule has 192 valence electrons. The summed E-state index contributed by atoms with van der Waals surface area (Å²) in [6.45, 7) is 5.69. The first kappa shape index (κ1) is 28.4. The van der Waals surface area contributed by atoms with Crippen molar-refractivity contribution >= 4 is 38.7 Å². The van der Waals surface area contributed by atoms with E-state index in [0.29, 0.717) is 18.2 Å². The van der Waals surface area contributed by atoms with Gasteiger partial charge in [-0.05, 0) is 42.8 Å². The van der Waals surface area contributed by atoms with Gasteiger partial charge in [-0.2, -0.15) is 17.5 Å². The summed E-state index contributed by atoms with van der Waals surface area (Å²) >= 11 is 0.734. The van der Waals surface area contributed by atoms with Gasteiger partial charge in [0, 0.05) is 18.4 Å². The first-order chi connectivity index (χ1) is 16.3. The SMILES string of the molecule is CCN(CC)CCOC(=O)CN/C(=C\C(=N)C(F)(F)F)c1nc(-c2cccc(S(C)(=O)=O)c2)ns1. The Bertz CT molecular complexity index is 1180.